The van der Waals surface area contributed by atoms with E-state index in [0.717, 1.165) is 18.4 Å². The molecule has 116 valence electrons. The van der Waals surface area contributed by atoms with Crippen molar-refractivity contribution in [1.82, 2.24) is 4.72 Å². The first-order valence-corrected chi connectivity index (χ1v) is 8.84. The smallest absolute Gasteiger partial charge is 0.216 e. The second kappa shape index (κ2) is 6.39. The summed E-state index contributed by atoms with van der Waals surface area (Å²) in [6.45, 7) is 2.98. The van der Waals surface area contributed by atoms with Crippen LogP contribution < -0.4 is 10.5 Å². The first kappa shape index (κ1) is 16.4. The molecule has 2 rings (SSSR count). The number of hydrogen-bond acceptors (Lipinski definition) is 4. The maximum atomic E-state index is 12.3. The molecule has 7 heteroatoms. The molecule has 1 atom stereocenters. The number of benzene rings is 1. The summed E-state index contributed by atoms with van der Waals surface area (Å²) in [6.07, 6.45) is 1.65. The van der Waals surface area contributed by atoms with Gasteiger partial charge in [-0.2, -0.15) is 0 Å². The topological polar surface area (TPSA) is 81.4 Å². The van der Waals surface area contributed by atoms with Gasteiger partial charge in [-0.25, -0.2) is 13.1 Å². The van der Waals surface area contributed by atoms with Crippen LogP contribution in [0, 0.1) is 0 Å². The Bertz CT molecular complexity index is 606. The monoisotopic (exact) mass is 328 g/mol. The molecule has 1 aromatic carbocycles. The van der Waals surface area contributed by atoms with Crippen molar-refractivity contribution in [3.63, 3.8) is 0 Å². The summed E-state index contributed by atoms with van der Waals surface area (Å²) >= 11 is 4.87. The fraction of sp³-hybridized carbons (Fsp3) is 0.500. The highest BCUT2D eigenvalue weighted by Crippen LogP contribution is 2.20. The van der Waals surface area contributed by atoms with Crippen molar-refractivity contribution in [1.29, 1.82) is 0 Å². The third-order valence-corrected chi connectivity index (χ3v) is 5.19. The molecule has 1 heterocycles. The first-order valence-electron chi connectivity index (χ1n) is 6.78. The van der Waals surface area contributed by atoms with Gasteiger partial charge in [-0.3, -0.25) is 0 Å². The fourth-order valence-corrected chi connectivity index (χ4v) is 4.16. The van der Waals surface area contributed by atoms with E-state index >= 15 is 0 Å². The lowest BCUT2D eigenvalue weighted by atomic mass is 9.97. The molecule has 1 fully saturated rings. The average Bonchev–Trinajstić information content (AvgIpc) is 2.38. The zero-order valence-corrected chi connectivity index (χ0v) is 13.6. The summed E-state index contributed by atoms with van der Waals surface area (Å²) < 4.78 is 32.7. The average molecular weight is 328 g/mol. The summed E-state index contributed by atoms with van der Waals surface area (Å²) in [4.78, 5) is 0.300. The van der Waals surface area contributed by atoms with E-state index in [9.17, 15) is 8.42 Å². The Labute approximate surface area is 130 Å². The molecular formula is C14H20N2O3S2. The Balaban J connectivity index is 2.04. The standard InChI is InChI=1S/C14H20N2O3S2/c1-14(7-2-8-19-10-14)16-21(17,18)9-11-3-5-12(6-4-11)13(15)20/h3-6,16H,2,7-10H2,1H3,(H2,15,20). The minimum absolute atomic E-state index is 0.0692. The molecule has 1 aliphatic rings. The molecule has 3 N–H and O–H groups in total. The summed E-state index contributed by atoms with van der Waals surface area (Å²) in [7, 11) is -3.42. The Hall–Kier alpha value is -1.02. The highest BCUT2D eigenvalue weighted by atomic mass is 32.2. The zero-order chi connectivity index (χ0) is 15.5. The van der Waals surface area contributed by atoms with Crippen LogP contribution in [0.4, 0.5) is 0 Å². The van der Waals surface area contributed by atoms with Gasteiger partial charge in [0, 0.05) is 12.2 Å². The van der Waals surface area contributed by atoms with Crippen LogP contribution >= 0.6 is 12.2 Å². The van der Waals surface area contributed by atoms with E-state index < -0.39 is 15.6 Å². The Morgan fingerprint density at radius 1 is 1.43 bits per heavy atom. The van der Waals surface area contributed by atoms with Crippen molar-refractivity contribution >= 4 is 27.2 Å². The molecule has 1 saturated heterocycles. The van der Waals surface area contributed by atoms with Crippen LogP contribution in [0.15, 0.2) is 24.3 Å². The number of thiocarbonyl (C=S) groups is 1. The van der Waals surface area contributed by atoms with Gasteiger partial charge >= 0.3 is 0 Å². The quantitative estimate of drug-likeness (QED) is 0.797. The molecule has 0 amide bonds. The van der Waals surface area contributed by atoms with Gasteiger partial charge in [0.05, 0.1) is 17.9 Å². The summed E-state index contributed by atoms with van der Waals surface area (Å²) in [5, 5.41) is 0. The molecule has 21 heavy (non-hydrogen) atoms. The maximum absolute atomic E-state index is 12.3. The number of hydrogen-bond donors (Lipinski definition) is 2. The van der Waals surface area contributed by atoms with Gasteiger partial charge in [0.1, 0.15) is 4.99 Å². The van der Waals surface area contributed by atoms with Crippen LogP contribution in [0.5, 0.6) is 0 Å². The predicted octanol–water partition coefficient (Wildman–Crippen LogP) is 1.31. The first-order chi connectivity index (χ1) is 9.80. The second-order valence-electron chi connectivity index (χ2n) is 5.64. The predicted molar refractivity (Wildman–Crippen MR) is 86.5 cm³/mol. The van der Waals surface area contributed by atoms with E-state index in [1.807, 2.05) is 6.92 Å². The van der Waals surface area contributed by atoms with Gasteiger partial charge in [-0.1, -0.05) is 36.5 Å². The summed E-state index contributed by atoms with van der Waals surface area (Å²) in [5.74, 6) is -0.0692. The van der Waals surface area contributed by atoms with Crippen LogP contribution in [0.3, 0.4) is 0 Å². The van der Waals surface area contributed by atoms with Crippen LogP contribution in [0.25, 0.3) is 0 Å². The van der Waals surface area contributed by atoms with Crippen LogP contribution in [0.1, 0.15) is 30.9 Å². The Morgan fingerprint density at radius 3 is 2.62 bits per heavy atom. The molecule has 1 aromatic rings. The number of nitrogens with one attached hydrogen (secondary N) is 1. The highest BCUT2D eigenvalue weighted by Gasteiger charge is 2.32. The van der Waals surface area contributed by atoms with Crippen molar-refractivity contribution in [2.24, 2.45) is 5.73 Å². The van der Waals surface area contributed by atoms with Gasteiger partial charge < -0.3 is 10.5 Å². The Kier molecular flexibility index (Phi) is 4.98. The lowest BCUT2D eigenvalue weighted by Crippen LogP contribution is -2.51. The zero-order valence-electron chi connectivity index (χ0n) is 12.0. The third kappa shape index (κ3) is 4.74. The van der Waals surface area contributed by atoms with E-state index in [1.54, 1.807) is 24.3 Å². The van der Waals surface area contributed by atoms with E-state index in [4.69, 9.17) is 22.7 Å². The number of sulfonamides is 1. The normalized spacial score (nSPS) is 22.9. The SMILES string of the molecule is CC1(NS(=O)(=O)Cc2ccc(C(N)=S)cc2)CCCOC1. The van der Waals surface area contributed by atoms with E-state index in [-0.39, 0.29) is 5.75 Å². The third-order valence-electron chi connectivity index (χ3n) is 3.43. The second-order valence-corrected chi connectivity index (χ2v) is 7.80. The van der Waals surface area contributed by atoms with E-state index in [1.165, 1.54) is 0 Å². The molecule has 0 radical (unpaired) electrons. The molecule has 1 unspecified atom stereocenters. The van der Waals surface area contributed by atoms with E-state index in [0.29, 0.717) is 23.8 Å². The fourth-order valence-electron chi connectivity index (χ4n) is 2.41. The minimum Gasteiger partial charge on any atom is -0.389 e. The number of ether oxygens (including phenoxy) is 1. The van der Waals surface area contributed by atoms with Gasteiger partial charge in [0.15, 0.2) is 0 Å². The van der Waals surface area contributed by atoms with Crippen LogP contribution in [-0.4, -0.2) is 32.2 Å². The van der Waals surface area contributed by atoms with Crippen molar-refractivity contribution in [3.8, 4) is 0 Å². The summed E-state index contributed by atoms with van der Waals surface area (Å²) in [6, 6.07) is 6.93. The van der Waals surface area contributed by atoms with Crippen molar-refractivity contribution in [3.05, 3.63) is 35.4 Å². The van der Waals surface area contributed by atoms with Gasteiger partial charge in [0.2, 0.25) is 10.0 Å². The molecule has 5 nitrogen and oxygen atoms in total. The van der Waals surface area contributed by atoms with E-state index in [2.05, 4.69) is 4.72 Å². The maximum Gasteiger partial charge on any atom is 0.216 e. The van der Waals surface area contributed by atoms with Crippen molar-refractivity contribution in [2.45, 2.75) is 31.1 Å². The van der Waals surface area contributed by atoms with Gasteiger partial charge in [-0.15, -0.1) is 0 Å². The molecule has 0 saturated carbocycles. The number of nitrogens with two attached hydrogens (primary N) is 1. The number of rotatable bonds is 5. The lowest BCUT2D eigenvalue weighted by molar-refractivity contribution is 0.0386. The summed E-state index contributed by atoms with van der Waals surface area (Å²) in [5.41, 5.74) is 6.43. The van der Waals surface area contributed by atoms with Gasteiger partial charge in [-0.05, 0) is 25.3 Å². The highest BCUT2D eigenvalue weighted by molar-refractivity contribution is 7.88. The van der Waals surface area contributed by atoms with Gasteiger partial charge in [0.25, 0.3) is 0 Å². The molecule has 1 aliphatic heterocycles. The van der Waals surface area contributed by atoms with Crippen LogP contribution in [-0.2, 0) is 20.5 Å². The molecule has 0 aromatic heterocycles. The van der Waals surface area contributed by atoms with Crippen LogP contribution in [0.2, 0.25) is 0 Å². The molecule has 0 bridgehead atoms. The minimum atomic E-state index is -3.42. The molecule has 0 spiro atoms. The largest absolute Gasteiger partial charge is 0.389 e. The van der Waals surface area contributed by atoms with Crippen molar-refractivity contribution in [2.75, 3.05) is 13.2 Å². The molecule has 0 aliphatic carbocycles. The Morgan fingerprint density at radius 2 is 2.10 bits per heavy atom. The lowest BCUT2D eigenvalue weighted by Gasteiger charge is -2.33. The molecular weight excluding hydrogens is 308 g/mol. The van der Waals surface area contributed by atoms with Crippen molar-refractivity contribution < 1.29 is 13.2 Å².